The van der Waals surface area contributed by atoms with Crippen LogP contribution in [0.1, 0.15) is 26.3 Å². The normalized spacial score (nSPS) is 14.9. The number of piperazine rings is 1. The number of benzene rings is 2. The molecule has 5 nitrogen and oxygen atoms in total. The van der Waals surface area contributed by atoms with Gasteiger partial charge in [-0.25, -0.2) is 4.79 Å². The molecule has 0 aliphatic carbocycles. The van der Waals surface area contributed by atoms with Gasteiger partial charge in [-0.3, -0.25) is 9.69 Å². The maximum absolute atomic E-state index is 12.7. The molecule has 7 heteroatoms. The van der Waals surface area contributed by atoms with Crippen LogP contribution >= 0.6 is 23.2 Å². The summed E-state index contributed by atoms with van der Waals surface area (Å²) in [6.07, 6.45) is 0. The van der Waals surface area contributed by atoms with Crippen molar-refractivity contribution in [1.29, 1.82) is 0 Å². The summed E-state index contributed by atoms with van der Waals surface area (Å²) in [5.41, 5.74) is 2.13. The highest BCUT2D eigenvalue weighted by Gasteiger charge is 2.23. The molecule has 1 amide bonds. The number of nitrogens with zero attached hydrogens (tertiary/aromatic N) is 2. The summed E-state index contributed by atoms with van der Waals surface area (Å²) in [5, 5.41) is 0.889. The largest absolute Gasteiger partial charge is 0.465 e. The first-order valence-electron chi connectivity index (χ1n) is 8.62. The number of carbonyl (C=O) groups is 2. The molecule has 2 aromatic rings. The van der Waals surface area contributed by atoms with E-state index in [4.69, 9.17) is 27.9 Å². The standard InChI is InChI=1S/C20H20Cl2N2O3/c1-27-20(26)15-4-2-14(3-5-15)13-23-8-10-24(11-9-23)19(25)17-7-6-16(21)12-18(17)22/h2-7,12H,8-11,13H2,1H3. The van der Waals surface area contributed by atoms with Crippen molar-refractivity contribution in [2.75, 3.05) is 33.3 Å². The molecule has 0 unspecified atom stereocenters. The number of ether oxygens (including phenoxy) is 1. The molecular weight excluding hydrogens is 387 g/mol. The number of esters is 1. The zero-order valence-electron chi connectivity index (χ0n) is 15.0. The minimum Gasteiger partial charge on any atom is -0.465 e. The molecule has 1 aliphatic rings. The van der Waals surface area contributed by atoms with E-state index in [1.807, 2.05) is 17.0 Å². The van der Waals surface area contributed by atoms with Crippen molar-refractivity contribution in [1.82, 2.24) is 9.80 Å². The topological polar surface area (TPSA) is 49.9 Å². The van der Waals surface area contributed by atoms with Gasteiger partial charge in [-0.05, 0) is 35.9 Å². The first-order valence-corrected chi connectivity index (χ1v) is 9.37. The summed E-state index contributed by atoms with van der Waals surface area (Å²) >= 11 is 12.0. The number of rotatable bonds is 4. The monoisotopic (exact) mass is 406 g/mol. The van der Waals surface area contributed by atoms with Gasteiger partial charge in [0, 0.05) is 37.7 Å². The van der Waals surface area contributed by atoms with Crippen LogP contribution in [0.25, 0.3) is 0 Å². The average molecular weight is 407 g/mol. The second-order valence-corrected chi connectivity index (χ2v) is 7.22. The van der Waals surface area contributed by atoms with Crippen molar-refractivity contribution in [2.45, 2.75) is 6.54 Å². The van der Waals surface area contributed by atoms with E-state index in [9.17, 15) is 9.59 Å². The molecule has 3 rings (SSSR count). The second-order valence-electron chi connectivity index (χ2n) is 6.38. The lowest BCUT2D eigenvalue weighted by molar-refractivity contribution is 0.0599. The SMILES string of the molecule is COC(=O)c1ccc(CN2CCN(C(=O)c3ccc(Cl)cc3Cl)CC2)cc1. The highest BCUT2D eigenvalue weighted by molar-refractivity contribution is 6.36. The van der Waals surface area contributed by atoms with E-state index in [1.54, 1.807) is 30.3 Å². The first kappa shape index (κ1) is 19.7. The lowest BCUT2D eigenvalue weighted by atomic mass is 10.1. The number of amides is 1. The van der Waals surface area contributed by atoms with Gasteiger partial charge in [-0.2, -0.15) is 0 Å². The maximum atomic E-state index is 12.7. The molecule has 27 heavy (non-hydrogen) atoms. The number of methoxy groups -OCH3 is 1. The van der Waals surface area contributed by atoms with Gasteiger partial charge >= 0.3 is 5.97 Å². The number of carbonyl (C=O) groups excluding carboxylic acids is 2. The minimum atomic E-state index is -0.338. The summed E-state index contributed by atoms with van der Waals surface area (Å²) in [6, 6.07) is 12.3. The highest BCUT2D eigenvalue weighted by atomic mass is 35.5. The second kappa shape index (κ2) is 8.74. The smallest absolute Gasteiger partial charge is 0.337 e. The van der Waals surface area contributed by atoms with Crippen molar-refractivity contribution in [3.63, 3.8) is 0 Å². The van der Waals surface area contributed by atoms with Crippen molar-refractivity contribution < 1.29 is 14.3 Å². The third-order valence-corrected chi connectivity index (χ3v) is 5.15. The van der Waals surface area contributed by atoms with Crippen molar-refractivity contribution in [3.8, 4) is 0 Å². The van der Waals surface area contributed by atoms with Crippen LogP contribution < -0.4 is 0 Å². The van der Waals surface area contributed by atoms with Crippen LogP contribution in [0.3, 0.4) is 0 Å². The molecule has 0 N–H and O–H groups in total. The third kappa shape index (κ3) is 4.80. The summed E-state index contributed by atoms with van der Waals surface area (Å²) in [7, 11) is 1.37. The fourth-order valence-corrected chi connectivity index (χ4v) is 3.55. The molecule has 0 atom stereocenters. The van der Waals surface area contributed by atoms with Gasteiger partial charge in [-0.1, -0.05) is 35.3 Å². The molecule has 2 aromatic carbocycles. The van der Waals surface area contributed by atoms with E-state index in [1.165, 1.54) is 7.11 Å². The Morgan fingerprint density at radius 1 is 1.00 bits per heavy atom. The van der Waals surface area contributed by atoms with Crippen molar-refractivity contribution >= 4 is 35.1 Å². The van der Waals surface area contributed by atoms with Crippen LogP contribution in [0.15, 0.2) is 42.5 Å². The van der Waals surface area contributed by atoms with Gasteiger partial charge < -0.3 is 9.64 Å². The molecule has 142 valence electrons. The number of halogens is 2. The van der Waals surface area contributed by atoms with E-state index in [0.717, 1.165) is 25.2 Å². The third-order valence-electron chi connectivity index (χ3n) is 4.60. The molecular formula is C20H20Cl2N2O3. The van der Waals surface area contributed by atoms with Crippen LogP contribution in [0, 0.1) is 0 Å². The molecule has 1 aliphatic heterocycles. The summed E-state index contributed by atoms with van der Waals surface area (Å²) < 4.78 is 4.71. The Balaban J connectivity index is 1.55. The molecule has 0 radical (unpaired) electrons. The Bertz CT molecular complexity index is 832. The molecule has 1 fully saturated rings. The molecule has 1 heterocycles. The fraction of sp³-hybridized carbons (Fsp3) is 0.300. The Hall–Kier alpha value is -2.08. The predicted molar refractivity (Wildman–Crippen MR) is 105 cm³/mol. The van der Waals surface area contributed by atoms with Crippen molar-refractivity contribution in [2.24, 2.45) is 0 Å². The molecule has 0 aromatic heterocycles. The molecule has 0 spiro atoms. The fourth-order valence-electron chi connectivity index (χ4n) is 3.06. The summed E-state index contributed by atoms with van der Waals surface area (Å²) in [5.74, 6) is -0.409. The van der Waals surface area contributed by atoms with E-state index in [0.29, 0.717) is 34.3 Å². The Morgan fingerprint density at radius 3 is 2.26 bits per heavy atom. The van der Waals surface area contributed by atoms with Gasteiger partial charge in [0.25, 0.3) is 5.91 Å². The van der Waals surface area contributed by atoms with Crippen LogP contribution in [0.5, 0.6) is 0 Å². The lowest BCUT2D eigenvalue weighted by Crippen LogP contribution is -2.48. The lowest BCUT2D eigenvalue weighted by Gasteiger charge is -2.35. The maximum Gasteiger partial charge on any atom is 0.337 e. The Morgan fingerprint density at radius 2 is 1.67 bits per heavy atom. The van der Waals surface area contributed by atoms with Gasteiger partial charge in [0.15, 0.2) is 0 Å². The minimum absolute atomic E-state index is 0.0706. The Labute approximate surface area is 168 Å². The Kier molecular flexibility index (Phi) is 6.37. The first-order chi connectivity index (χ1) is 13.0. The number of hydrogen-bond donors (Lipinski definition) is 0. The van der Waals surface area contributed by atoms with Crippen LogP contribution in [-0.4, -0.2) is 55.0 Å². The van der Waals surface area contributed by atoms with E-state index < -0.39 is 0 Å². The molecule has 1 saturated heterocycles. The van der Waals surface area contributed by atoms with Gasteiger partial charge in [0.1, 0.15) is 0 Å². The van der Waals surface area contributed by atoms with Gasteiger partial charge in [0.2, 0.25) is 0 Å². The van der Waals surface area contributed by atoms with Crippen LogP contribution in [-0.2, 0) is 11.3 Å². The predicted octanol–water partition coefficient (Wildman–Crippen LogP) is 3.74. The van der Waals surface area contributed by atoms with E-state index in [-0.39, 0.29) is 11.9 Å². The van der Waals surface area contributed by atoms with E-state index in [2.05, 4.69) is 4.90 Å². The summed E-state index contributed by atoms with van der Waals surface area (Å²) in [6.45, 7) is 3.59. The van der Waals surface area contributed by atoms with E-state index >= 15 is 0 Å². The van der Waals surface area contributed by atoms with Gasteiger partial charge in [0.05, 0.1) is 23.3 Å². The number of hydrogen-bond acceptors (Lipinski definition) is 4. The zero-order chi connectivity index (χ0) is 19.4. The zero-order valence-corrected chi connectivity index (χ0v) is 16.5. The van der Waals surface area contributed by atoms with Crippen molar-refractivity contribution in [3.05, 3.63) is 69.2 Å². The van der Waals surface area contributed by atoms with Crippen LogP contribution in [0.4, 0.5) is 0 Å². The van der Waals surface area contributed by atoms with Crippen LogP contribution in [0.2, 0.25) is 10.0 Å². The molecule has 0 saturated carbocycles. The highest BCUT2D eigenvalue weighted by Crippen LogP contribution is 2.23. The quantitative estimate of drug-likeness (QED) is 0.725. The molecule has 0 bridgehead atoms. The average Bonchev–Trinajstić information content (AvgIpc) is 2.68. The van der Waals surface area contributed by atoms with Gasteiger partial charge in [-0.15, -0.1) is 0 Å². The summed E-state index contributed by atoms with van der Waals surface area (Å²) in [4.78, 5) is 28.2.